The van der Waals surface area contributed by atoms with Gasteiger partial charge in [-0.25, -0.2) is 4.79 Å². The third-order valence-corrected chi connectivity index (χ3v) is 4.87. The van der Waals surface area contributed by atoms with Gasteiger partial charge in [0, 0.05) is 6.42 Å². The number of nitrogens with zero attached hydrogens (tertiary/aromatic N) is 1. The third-order valence-electron chi connectivity index (χ3n) is 4.87. The molecule has 1 aliphatic rings. The molecule has 7 heteroatoms. The lowest BCUT2D eigenvalue weighted by Gasteiger charge is -2.35. The Morgan fingerprint density at radius 3 is 2.43 bits per heavy atom. The summed E-state index contributed by atoms with van der Waals surface area (Å²) in [6.07, 6.45) is -1.22. The average molecular weight is 422 g/mol. The van der Waals surface area contributed by atoms with E-state index in [0.717, 1.165) is 5.56 Å². The highest BCUT2D eigenvalue weighted by Gasteiger charge is 2.51. The number of carbonyl (C=O) groups is 2. The monoisotopic (exact) mass is 421 g/mol. The summed E-state index contributed by atoms with van der Waals surface area (Å²) in [5, 5.41) is 10.5. The van der Waals surface area contributed by atoms with Gasteiger partial charge in [-0.2, -0.15) is 0 Å². The Bertz CT molecular complexity index is 712. The summed E-state index contributed by atoms with van der Waals surface area (Å²) < 4.78 is 16.8. The van der Waals surface area contributed by atoms with Crippen LogP contribution in [-0.2, 0) is 25.4 Å². The zero-order chi connectivity index (χ0) is 22.5. The van der Waals surface area contributed by atoms with E-state index in [2.05, 4.69) is 0 Å². The largest absolute Gasteiger partial charge is 0.466 e. The van der Waals surface area contributed by atoms with Crippen LogP contribution >= 0.6 is 0 Å². The Kier molecular flexibility index (Phi) is 7.88. The lowest BCUT2D eigenvalue weighted by Crippen LogP contribution is -2.51. The molecule has 3 unspecified atom stereocenters. The fourth-order valence-corrected chi connectivity index (χ4v) is 3.79. The smallest absolute Gasteiger partial charge is 0.412 e. The van der Waals surface area contributed by atoms with Crippen molar-refractivity contribution in [1.82, 2.24) is 4.90 Å². The van der Waals surface area contributed by atoms with Gasteiger partial charge >= 0.3 is 12.1 Å². The molecule has 1 aromatic carbocycles. The molecule has 1 fully saturated rings. The van der Waals surface area contributed by atoms with E-state index in [1.54, 1.807) is 11.8 Å². The standard InChI is InChI=1S/C23H35NO6/c1-7-28-20(26)15-17(25)14-19-18(13-16-11-9-8-10-12-16)24(23(5,6)29-19)21(27)30-22(2,3)4/h8-12,17-19,25H,7,13-15H2,1-6H3. The predicted molar refractivity (Wildman–Crippen MR) is 113 cm³/mol. The molecule has 0 aliphatic carbocycles. The van der Waals surface area contributed by atoms with Crippen molar-refractivity contribution < 1.29 is 28.9 Å². The molecule has 0 spiro atoms. The summed E-state index contributed by atoms with van der Waals surface area (Å²) in [6.45, 7) is 11.1. The number of amides is 1. The second kappa shape index (κ2) is 9.79. The van der Waals surface area contributed by atoms with Crippen molar-refractivity contribution in [2.24, 2.45) is 0 Å². The van der Waals surface area contributed by atoms with Gasteiger partial charge in [0.1, 0.15) is 11.3 Å². The molecule has 0 radical (unpaired) electrons. The van der Waals surface area contributed by atoms with Gasteiger partial charge in [0.05, 0.1) is 31.3 Å². The molecule has 1 aliphatic heterocycles. The molecule has 30 heavy (non-hydrogen) atoms. The van der Waals surface area contributed by atoms with E-state index in [9.17, 15) is 14.7 Å². The van der Waals surface area contributed by atoms with Gasteiger partial charge in [0.2, 0.25) is 0 Å². The van der Waals surface area contributed by atoms with Gasteiger partial charge in [0.25, 0.3) is 0 Å². The number of rotatable bonds is 7. The summed E-state index contributed by atoms with van der Waals surface area (Å²) in [5.74, 6) is -0.453. The lowest BCUT2D eigenvalue weighted by molar-refractivity contribution is -0.146. The third kappa shape index (κ3) is 6.71. The molecule has 3 atom stereocenters. The maximum absolute atomic E-state index is 13.1. The number of benzene rings is 1. The molecule has 0 saturated carbocycles. The molecular formula is C23H35NO6. The van der Waals surface area contributed by atoms with E-state index in [1.165, 1.54) is 0 Å². The van der Waals surface area contributed by atoms with Crippen LogP contribution in [0.4, 0.5) is 4.79 Å². The van der Waals surface area contributed by atoms with Crippen LogP contribution in [0.25, 0.3) is 0 Å². The van der Waals surface area contributed by atoms with Gasteiger partial charge in [-0.1, -0.05) is 30.3 Å². The molecule has 2 rings (SSSR count). The van der Waals surface area contributed by atoms with Crippen molar-refractivity contribution in [3.05, 3.63) is 35.9 Å². The zero-order valence-corrected chi connectivity index (χ0v) is 18.9. The minimum Gasteiger partial charge on any atom is -0.466 e. The van der Waals surface area contributed by atoms with Gasteiger partial charge in [-0.3, -0.25) is 9.69 Å². The van der Waals surface area contributed by atoms with Crippen molar-refractivity contribution in [3.8, 4) is 0 Å². The van der Waals surface area contributed by atoms with E-state index in [-0.39, 0.29) is 25.5 Å². The molecule has 1 saturated heterocycles. The van der Waals surface area contributed by atoms with Gasteiger partial charge in [-0.05, 0) is 53.5 Å². The Morgan fingerprint density at radius 1 is 1.23 bits per heavy atom. The summed E-state index contributed by atoms with van der Waals surface area (Å²) in [6, 6.07) is 9.45. The van der Waals surface area contributed by atoms with Crippen molar-refractivity contribution in [2.45, 2.75) is 90.4 Å². The van der Waals surface area contributed by atoms with Crippen LogP contribution in [-0.4, -0.2) is 58.3 Å². The van der Waals surface area contributed by atoms with Crippen LogP contribution in [0, 0.1) is 0 Å². The van der Waals surface area contributed by atoms with Crippen molar-refractivity contribution in [3.63, 3.8) is 0 Å². The minimum absolute atomic E-state index is 0.112. The van der Waals surface area contributed by atoms with E-state index in [0.29, 0.717) is 6.42 Å². The molecule has 1 amide bonds. The van der Waals surface area contributed by atoms with Gasteiger partial charge in [0.15, 0.2) is 0 Å². The van der Waals surface area contributed by atoms with Crippen LogP contribution in [0.5, 0.6) is 0 Å². The van der Waals surface area contributed by atoms with Crippen LogP contribution in [0.15, 0.2) is 30.3 Å². The van der Waals surface area contributed by atoms with Crippen LogP contribution < -0.4 is 0 Å². The minimum atomic E-state index is -0.929. The molecule has 0 bridgehead atoms. The van der Waals surface area contributed by atoms with Crippen molar-refractivity contribution in [1.29, 1.82) is 0 Å². The highest BCUT2D eigenvalue weighted by molar-refractivity contribution is 5.70. The Labute approximate surface area is 179 Å². The first-order chi connectivity index (χ1) is 13.9. The number of hydrogen-bond acceptors (Lipinski definition) is 6. The summed E-state index contributed by atoms with van der Waals surface area (Å²) in [5.41, 5.74) is -0.524. The van der Waals surface area contributed by atoms with Crippen LogP contribution in [0.2, 0.25) is 0 Å². The lowest BCUT2D eigenvalue weighted by atomic mass is 9.96. The van der Waals surface area contributed by atoms with E-state index in [1.807, 2.05) is 65.0 Å². The van der Waals surface area contributed by atoms with E-state index in [4.69, 9.17) is 14.2 Å². The Morgan fingerprint density at radius 2 is 1.87 bits per heavy atom. The molecule has 0 aromatic heterocycles. The second-order valence-electron chi connectivity index (χ2n) is 9.11. The number of hydrogen-bond donors (Lipinski definition) is 1. The topological polar surface area (TPSA) is 85.3 Å². The fourth-order valence-electron chi connectivity index (χ4n) is 3.79. The molecular weight excluding hydrogens is 386 g/mol. The highest BCUT2D eigenvalue weighted by atomic mass is 16.6. The summed E-state index contributed by atoms with van der Waals surface area (Å²) >= 11 is 0. The Hall–Kier alpha value is -2.12. The molecule has 1 heterocycles. The molecule has 1 aromatic rings. The number of esters is 1. The maximum Gasteiger partial charge on any atom is 0.412 e. The number of carbonyl (C=O) groups excluding carboxylic acids is 2. The normalized spacial score (nSPS) is 21.9. The molecule has 7 nitrogen and oxygen atoms in total. The second-order valence-corrected chi connectivity index (χ2v) is 9.11. The average Bonchev–Trinajstić information content (AvgIpc) is 2.83. The van der Waals surface area contributed by atoms with E-state index < -0.39 is 35.6 Å². The zero-order valence-electron chi connectivity index (χ0n) is 18.9. The summed E-state index contributed by atoms with van der Waals surface area (Å²) in [7, 11) is 0. The highest BCUT2D eigenvalue weighted by Crippen LogP contribution is 2.37. The van der Waals surface area contributed by atoms with Crippen molar-refractivity contribution in [2.75, 3.05) is 6.61 Å². The molecule has 168 valence electrons. The fraction of sp³-hybridized carbons (Fsp3) is 0.652. The quantitative estimate of drug-likeness (QED) is 0.676. The predicted octanol–water partition coefficient (Wildman–Crippen LogP) is 3.67. The maximum atomic E-state index is 13.1. The SMILES string of the molecule is CCOC(=O)CC(O)CC1OC(C)(C)N(C(=O)OC(C)(C)C)C1Cc1ccccc1. The first-order valence-corrected chi connectivity index (χ1v) is 10.5. The van der Waals surface area contributed by atoms with E-state index >= 15 is 0 Å². The Balaban J connectivity index is 2.26. The van der Waals surface area contributed by atoms with Crippen LogP contribution in [0.3, 0.4) is 0 Å². The van der Waals surface area contributed by atoms with Crippen molar-refractivity contribution >= 4 is 12.1 Å². The number of aliphatic hydroxyl groups is 1. The first kappa shape index (κ1) is 24.2. The van der Waals surface area contributed by atoms with Gasteiger partial charge < -0.3 is 19.3 Å². The van der Waals surface area contributed by atoms with Crippen LogP contribution in [0.1, 0.15) is 59.9 Å². The first-order valence-electron chi connectivity index (χ1n) is 10.5. The summed E-state index contributed by atoms with van der Waals surface area (Å²) in [4.78, 5) is 26.4. The number of aliphatic hydroxyl groups excluding tert-OH is 1. The van der Waals surface area contributed by atoms with Gasteiger partial charge in [-0.15, -0.1) is 0 Å². The number of ether oxygens (including phenoxy) is 3. The molecule has 1 N–H and O–H groups in total.